The number of rotatable bonds is 5. The average molecular weight is 355 g/mol. The van der Waals surface area contributed by atoms with E-state index in [0.717, 1.165) is 11.8 Å². The predicted octanol–water partition coefficient (Wildman–Crippen LogP) is 2.67. The van der Waals surface area contributed by atoms with E-state index >= 15 is 0 Å². The van der Waals surface area contributed by atoms with Gasteiger partial charge in [-0.25, -0.2) is 18.4 Å². The third kappa shape index (κ3) is 5.18. The monoisotopic (exact) mass is 354 g/mol. The van der Waals surface area contributed by atoms with Crippen LogP contribution in [0.4, 0.5) is 5.82 Å². The maximum Gasteiger partial charge on any atom is 0.230 e. The maximum absolute atomic E-state index is 11.2. The fraction of sp³-hybridized carbons (Fsp3) is 0.154. The second-order valence-electron chi connectivity index (χ2n) is 4.33. The largest absolute Gasteiger partial charge is 0.267 e. The minimum Gasteiger partial charge on any atom is -0.267 e. The first-order valence-corrected chi connectivity index (χ1v) is 9.25. The van der Waals surface area contributed by atoms with Crippen LogP contribution in [-0.4, -0.2) is 24.6 Å². The molecule has 114 valence electrons. The van der Waals surface area contributed by atoms with Gasteiger partial charge in [-0.15, -0.1) is 0 Å². The molecule has 0 atom stereocenters. The molecule has 6 nitrogen and oxygen atoms in total. The average Bonchev–Trinajstić information content (AvgIpc) is 2.43. The van der Waals surface area contributed by atoms with Gasteiger partial charge in [-0.2, -0.15) is 5.26 Å². The second-order valence-corrected chi connectivity index (χ2v) is 7.41. The Morgan fingerprint density at radius 2 is 2.00 bits per heavy atom. The standard InChI is InChI=1S/C13H11ClN4O2S2/c1-22(19,20)18-12-6-11(14)16-13(17-12)21-8-10-4-2-9(7-15)3-5-10/h2-6H,8H2,1H3,(H,16,17,18). The smallest absolute Gasteiger partial charge is 0.230 e. The molecule has 1 aromatic carbocycles. The third-order valence-corrected chi connectivity index (χ3v) is 4.11. The van der Waals surface area contributed by atoms with E-state index in [-0.39, 0.29) is 11.0 Å². The van der Waals surface area contributed by atoms with Crippen molar-refractivity contribution in [2.24, 2.45) is 0 Å². The highest BCUT2D eigenvalue weighted by Gasteiger charge is 2.08. The lowest BCUT2D eigenvalue weighted by atomic mass is 10.2. The molecule has 0 aliphatic carbocycles. The number of nitrogens with zero attached hydrogens (tertiary/aromatic N) is 3. The molecule has 9 heteroatoms. The highest BCUT2D eigenvalue weighted by atomic mass is 35.5. The van der Waals surface area contributed by atoms with Crippen LogP contribution in [-0.2, 0) is 15.8 Å². The van der Waals surface area contributed by atoms with Crippen LogP contribution in [0, 0.1) is 11.3 Å². The van der Waals surface area contributed by atoms with Crippen molar-refractivity contribution in [1.82, 2.24) is 9.97 Å². The fourth-order valence-electron chi connectivity index (χ4n) is 1.53. The number of nitriles is 1. The molecule has 2 aromatic rings. The van der Waals surface area contributed by atoms with Crippen molar-refractivity contribution >= 4 is 39.2 Å². The molecule has 0 bridgehead atoms. The lowest BCUT2D eigenvalue weighted by Crippen LogP contribution is -2.11. The van der Waals surface area contributed by atoms with Gasteiger partial charge in [-0.3, -0.25) is 4.72 Å². The summed E-state index contributed by atoms with van der Waals surface area (Å²) in [6, 6.07) is 10.5. The Hall–Kier alpha value is -1.82. The zero-order valence-corrected chi connectivity index (χ0v) is 13.8. The molecule has 0 aliphatic rings. The van der Waals surface area contributed by atoms with Crippen LogP contribution < -0.4 is 4.72 Å². The molecule has 0 spiro atoms. The first-order valence-electron chi connectivity index (χ1n) is 6.00. The first-order chi connectivity index (χ1) is 10.4. The SMILES string of the molecule is CS(=O)(=O)Nc1cc(Cl)nc(SCc2ccc(C#N)cc2)n1. The number of hydrogen-bond acceptors (Lipinski definition) is 6. The summed E-state index contributed by atoms with van der Waals surface area (Å²) >= 11 is 7.18. The van der Waals surface area contributed by atoms with E-state index in [4.69, 9.17) is 16.9 Å². The van der Waals surface area contributed by atoms with Crippen LogP contribution in [0.5, 0.6) is 0 Å². The first kappa shape index (κ1) is 16.5. The van der Waals surface area contributed by atoms with Gasteiger partial charge in [0.05, 0.1) is 17.9 Å². The van der Waals surface area contributed by atoms with Crippen LogP contribution in [0.3, 0.4) is 0 Å². The minimum atomic E-state index is -3.42. The van der Waals surface area contributed by atoms with Crippen LogP contribution in [0.15, 0.2) is 35.5 Å². The van der Waals surface area contributed by atoms with Crippen LogP contribution in [0.1, 0.15) is 11.1 Å². The van der Waals surface area contributed by atoms with E-state index in [1.165, 1.54) is 17.8 Å². The van der Waals surface area contributed by atoms with Gasteiger partial charge >= 0.3 is 0 Å². The number of nitrogens with one attached hydrogen (secondary N) is 1. The number of sulfonamides is 1. The maximum atomic E-state index is 11.2. The Balaban J connectivity index is 2.10. The molecule has 1 N–H and O–H groups in total. The van der Waals surface area contributed by atoms with Gasteiger partial charge in [-0.1, -0.05) is 35.5 Å². The molecule has 22 heavy (non-hydrogen) atoms. The van der Waals surface area contributed by atoms with Crippen LogP contribution >= 0.6 is 23.4 Å². The summed E-state index contributed by atoms with van der Waals surface area (Å²) in [5.41, 5.74) is 1.58. The van der Waals surface area contributed by atoms with E-state index in [0.29, 0.717) is 16.5 Å². The van der Waals surface area contributed by atoms with E-state index in [9.17, 15) is 8.42 Å². The molecule has 0 radical (unpaired) electrons. The zero-order valence-electron chi connectivity index (χ0n) is 11.4. The Kier molecular flexibility index (Phi) is 5.24. The lowest BCUT2D eigenvalue weighted by molar-refractivity contribution is 0.606. The molecule has 1 aromatic heterocycles. The molecule has 0 fully saturated rings. The van der Waals surface area contributed by atoms with E-state index in [1.807, 2.05) is 12.1 Å². The van der Waals surface area contributed by atoms with E-state index in [1.54, 1.807) is 12.1 Å². The van der Waals surface area contributed by atoms with Crippen molar-refractivity contribution in [2.45, 2.75) is 10.9 Å². The topological polar surface area (TPSA) is 95.7 Å². The van der Waals surface area contributed by atoms with Gasteiger partial charge in [-0.05, 0) is 17.7 Å². The fourth-order valence-corrected chi connectivity index (χ4v) is 3.06. The predicted molar refractivity (Wildman–Crippen MR) is 86.2 cm³/mol. The third-order valence-electron chi connectivity index (χ3n) is 2.42. The highest BCUT2D eigenvalue weighted by Crippen LogP contribution is 2.23. The Morgan fingerprint density at radius 3 is 2.59 bits per heavy atom. The number of aromatic nitrogens is 2. The van der Waals surface area contributed by atoms with Crippen molar-refractivity contribution in [1.29, 1.82) is 5.26 Å². The van der Waals surface area contributed by atoms with Crippen molar-refractivity contribution < 1.29 is 8.42 Å². The quantitative estimate of drug-likeness (QED) is 0.503. The summed E-state index contributed by atoms with van der Waals surface area (Å²) in [6.45, 7) is 0. The highest BCUT2D eigenvalue weighted by molar-refractivity contribution is 7.98. The van der Waals surface area contributed by atoms with Crippen LogP contribution in [0.25, 0.3) is 0 Å². The molecule has 2 rings (SSSR count). The Bertz CT molecular complexity index is 817. The number of anilines is 1. The summed E-state index contributed by atoms with van der Waals surface area (Å²) in [4.78, 5) is 8.14. The van der Waals surface area contributed by atoms with Crippen molar-refractivity contribution in [3.63, 3.8) is 0 Å². The lowest BCUT2D eigenvalue weighted by Gasteiger charge is -2.06. The Morgan fingerprint density at radius 1 is 1.32 bits per heavy atom. The van der Waals surface area contributed by atoms with Gasteiger partial charge < -0.3 is 0 Å². The molecular formula is C13H11ClN4O2S2. The van der Waals surface area contributed by atoms with Gasteiger partial charge in [0.1, 0.15) is 11.0 Å². The molecule has 0 amide bonds. The van der Waals surface area contributed by atoms with Gasteiger partial charge in [0, 0.05) is 11.8 Å². The molecule has 0 saturated heterocycles. The summed E-state index contributed by atoms with van der Waals surface area (Å²) < 4.78 is 24.7. The van der Waals surface area contributed by atoms with Crippen molar-refractivity contribution in [2.75, 3.05) is 11.0 Å². The number of benzene rings is 1. The second kappa shape index (κ2) is 6.96. The molecule has 0 aliphatic heterocycles. The van der Waals surface area contributed by atoms with E-state index < -0.39 is 10.0 Å². The summed E-state index contributed by atoms with van der Waals surface area (Å²) in [6.07, 6.45) is 1.03. The van der Waals surface area contributed by atoms with Crippen molar-refractivity contribution in [3.8, 4) is 6.07 Å². The number of halogens is 1. The number of thioether (sulfide) groups is 1. The Labute approximate surface area is 137 Å². The normalized spacial score (nSPS) is 11.0. The molecular weight excluding hydrogens is 344 g/mol. The van der Waals surface area contributed by atoms with Crippen molar-refractivity contribution in [3.05, 3.63) is 46.6 Å². The van der Waals surface area contributed by atoms with Gasteiger partial charge in [0.15, 0.2) is 5.16 Å². The summed E-state index contributed by atoms with van der Waals surface area (Å²) in [7, 11) is -3.42. The summed E-state index contributed by atoms with van der Waals surface area (Å²) in [5, 5.41) is 9.26. The molecule has 0 saturated carbocycles. The molecule has 0 unspecified atom stereocenters. The van der Waals surface area contributed by atoms with Gasteiger partial charge in [0.2, 0.25) is 10.0 Å². The van der Waals surface area contributed by atoms with E-state index in [2.05, 4.69) is 20.8 Å². The summed E-state index contributed by atoms with van der Waals surface area (Å²) in [5.74, 6) is 0.703. The zero-order chi connectivity index (χ0) is 16.2. The van der Waals surface area contributed by atoms with Gasteiger partial charge in [0.25, 0.3) is 0 Å². The molecule has 1 heterocycles. The minimum absolute atomic E-state index is 0.129. The number of hydrogen-bond donors (Lipinski definition) is 1. The van der Waals surface area contributed by atoms with Crippen LogP contribution in [0.2, 0.25) is 5.15 Å².